The number of thiophene rings is 2. The van der Waals surface area contributed by atoms with Gasteiger partial charge in [0.2, 0.25) is 0 Å². The Morgan fingerprint density at radius 3 is 1.22 bits per heavy atom. The molecular formula is C94H56N2O2S2. The quantitative estimate of drug-likeness (QED) is 0.137. The van der Waals surface area contributed by atoms with Gasteiger partial charge in [0, 0.05) is 74.9 Å². The van der Waals surface area contributed by atoms with Crippen LogP contribution in [-0.4, -0.2) is 0 Å². The summed E-state index contributed by atoms with van der Waals surface area (Å²) in [5.74, 6) is 0. The first-order valence-electron chi connectivity index (χ1n) is 34.0. The van der Waals surface area contributed by atoms with Crippen LogP contribution >= 0.6 is 22.7 Å². The number of hydrogen-bond acceptors (Lipinski definition) is 6. The molecule has 466 valence electrons. The molecule has 0 amide bonds. The van der Waals surface area contributed by atoms with E-state index < -0.39 is 0 Å². The maximum atomic E-state index is 7.16. The molecule has 4 nitrogen and oxygen atoms in total. The minimum absolute atomic E-state index is 0.872. The second-order valence-corrected chi connectivity index (χ2v) is 28.3. The molecule has 21 rings (SSSR count). The van der Waals surface area contributed by atoms with E-state index in [1.54, 1.807) is 0 Å². The van der Waals surface area contributed by atoms with Crippen molar-refractivity contribution in [3.05, 3.63) is 340 Å². The van der Waals surface area contributed by atoms with Gasteiger partial charge in [-0.2, -0.15) is 0 Å². The minimum Gasteiger partial charge on any atom is -0.455 e. The summed E-state index contributed by atoms with van der Waals surface area (Å²) >= 11 is 3.66. The van der Waals surface area contributed by atoms with E-state index in [-0.39, 0.29) is 0 Å². The van der Waals surface area contributed by atoms with E-state index in [2.05, 4.69) is 350 Å². The van der Waals surface area contributed by atoms with Gasteiger partial charge >= 0.3 is 0 Å². The fourth-order valence-electron chi connectivity index (χ4n) is 15.8. The summed E-state index contributed by atoms with van der Waals surface area (Å²) in [6.45, 7) is 0. The van der Waals surface area contributed by atoms with Crippen LogP contribution < -0.4 is 9.80 Å². The fourth-order valence-corrected chi connectivity index (χ4v) is 18.2. The molecule has 0 aliphatic carbocycles. The van der Waals surface area contributed by atoms with Crippen molar-refractivity contribution in [2.45, 2.75) is 0 Å². The summed E-state index contributed by atoms with van der Waals surface area (Å²) in [5.41, 5.74) is 19.6. The second kappa shape index (κ2) is 22.5. The summed E-state index contributed by atoms with van der Waals surface area (Å²) in [4.78, 5) is 4.88. The molecule has 0 bridgehead atoms. The van der Waals surface area contributed by atoms with Gasteiger partial charge in [-0.15, -0.1) is 22.7 Å². The Bertz CT molecular complexity index is 6890. The molecule has 0 N–H and O–H groups in total. The third kappa shape index (κ3) is 9.05. The molecular weight excluding hydrogens is 1250 g/mol. The summed E-state index contributed by atoms with van der Waals surface area (Å²) in [7, 11) is 0. The van der Waals surface area contributed by atoms with Crippen LogP contribution in [0.3, 0.4) is 0 Å². The van der Waals surface area contributed by atoms with Gasteiger partial charge < -0.3 is 18.6 Å². The third-order valence-corrected chi connectivity index (χ3v) is 23.0. The zero-order valence-electron chi connectivity index (χ0n) is 53.9. The smallest absolute Gasteiger partial charge is 0.144 e. The molecule has 0 atom stereocenters. The zero-order chi connectivity index (χ0) is 65.5. The lowest BCUT2D eigenvalue weighted by Crippen LogP contribution is -2.10. The van der Waals surface area contributed by atoms with Gasteiger partial charge in [0.1, 0.15) is 22.3 Å². The lowest BCUT2D eigenvalue weighted by Gasteiger charge is -2.27. The number of nitrogens with zero attached hydrogens (tertiary/aromatic N) is 2. The first kappa shape index (κ1) is 56.6. The van der Waals surface area contributed by atoms with Crippen molar-refractivity contribution in [2.24, 2.45) is 0 Å². The van der Waals surface area contributed by atoms with Crippen LogP contribution in [0.5, 0.6) is 0 Å². The van der Waals surface area contributed by atoms with Gasteiger partial charge in [-0.25, -0.2) is 0 Å². The van der Waals surface area contributed by atoms with Gasteiger partial charge in [0.05, 0.1) is 26.5 Å². The first-order valence-corrected chi connectivity index (χ1v) is 35.6. The van der Waals surface area contributed by atoms with E-state index >= 15 is 0 Å². The molecule has 0 radical (unpaired) electrons. The standard InChI is InChI=1S/C94H56N2O2S2/c1-2-16-60(17-3-1)73-23-10-11-24-74(73)62-39-45-71(46-40-62)95(83-29-13-26-78-89-87(99-93(78)83)49-47-76-80-53-64-20-6-7-21-65(64)55-85(80)97-91(76)89)70-41-35-59(36-42-70)67-33-34-68-54-81-77-48-50-88-90(92(77)98-86(81)56-69(68)52-67)79-27-14-30-84(94(79)100-88)96(82-28-12-22-61-18-8-9-25-75(61)82)72-43-37-58(38-44-72)66-32-31-57-15-4-5-19-63(57)51-66/h1-56H. The molecule has 0 unspecified atom stereocenters. The van der Waals surface area contributed by atoms with Crippen molar-refractivity contribution < 1.29 is 8.83 Å². The maximum absolute atomic E-state index is 7.16. The molecule has 4 heterocycles. The van der Waals surface area contributed by atoms with Crippen molar-refractivity contribution in [1.82, 2.24) is 0 Å². The van der Waals surface area contributed by atoms with Crippen LogP contribution in [0.25, 0.3) is 172 Å². The van der Waals surface area contributed by atoms with Gasteiger partial charge in [-0.1, -0.05) is 224 Å². The number of furan rings is 2. The fraction of sp³-hybridized carbons (Fsp3) is 0. The average Bonchev–Trinajstić information content (AvgIpc) is 1.61. The Balaban J connectivity index is 0.656. The lowest BCUT2D eigenvalue weighted by molar-refractivity contribution is 0.673. The zero-order valence-corrected chi connectivity index (χ0v) is 55.5. The number of fused-ring (bicyclic) bond motifs is 18. The van der Waals surface area contributed by atoms with Crippen molar-refractivity contribution in [3.63, 3.8) is 0 Å². The number of benzene rings is 17. The molecule has 17 aromatic carbocycles. The van der Waals surface area contributed by atoms with E-state index in [0.29, 0.717) is 0 Å². The first-order chi connectivity index (χ1) is 49.5. The Kier molecular flexibility index (Phi) is 12.7. The van der Waals surface area contributed by atoms with E-state index in [1.807, 2.05) is 22.7 Å². The van der Waals surface area contributed by atoms with Crippen LogP contribution in [-0.2, 0) is 0 Å². The summed E-state index contributed by atoms with van der Waals surface area (Å²) < 4.78 is 18.8. The molecule has 6 heteroatoms. The highest BCUT2D eigenvalue weighted by atomic mass is 32.1. The van der Waals surface area contributed by atoms with Crippen molar-refractivity contribution in [2.75, 3.05) is 9.80 Å². The highest BCUT2D eigenvalue weighted by molar-refractivity contribution is 7.27. The van der Waals surface area contributed by atoms with Gasteiger partial charge in [0.15, 0.2) is 0 Å². The molecule has 100 heavy (non-hydrogen) atoms. The molecule has 21 aromatic rings. The van der Waals surface area contributed by atoms with Crippen LogP contribution in [0.15, 0.2) is 349 Å². The van der Waals surface area contributed by atoms with Gasteiger partial charge in [0.25, 0.3) is 0 Å². The number of hydrogen-bond donors (Lipinski definition) is 0. The normalized spacial score (nSPS) is 12.0. The summed E-state index contributed by atoms with van der Waals surface area (Å²) in [6, 6.07) is 124. The van der Waals surface area contributed by atoms with E-state index in [9.17, 15) is 0 Å². The highest BCUT2D eigenvalue weighted by Gasteiger charge is 2.25. The summed E-state index contributed by atoms with van der Waals surface area (Å²) in [6.07, 6.45) is 0. The predicted octanol–water partition coefficient (Wildman–Crippen LogP) is 28.4. The minimum atomic E-state index is 0.872. The summed E-state index contributed by atoms with van der Waals surface area (Å²) in [5, 5.41) is 18.7. The van der Waals surface area contributed by atoms with E-state index in [1.165, 1.54) is 89.7 Å². The van der Waals surface area contributed by atoms with Crippen LogP contribution in [0, 0.1) is 0 Å². The van der Waals surface area contributed by atoms with Crippen LogP contribution in [0.4, 0.5) is 34.1 Å². The van der Waals surface area contributed by atoms with Crippen LogP contribution in [0.2, 0.25) is 0 Å². The van der Waals surface area contributed by atoms with Crippen molar-refractivity contribution in [1.29, 1.82) is 0 Å². The van der Waals surface area contributed by atoms with Gasteiger partial charge in [-0.3, -0.25) is 0 Å². The Morgan fingerprint density at radius 2 is 0.620 bits per heavy atom. The predicted molar refractivity (Wildman–Crippen MR) is 428 cm³/mol. The molecule has 0 aliphatic rings. The second-order valence-electron chi connectivity index (χ2n) is 26.2. The molecule has 4 aromatic heterocycles. The lowest BCUT2D eigenvalue weighted by atomic mass is 9.94. The highest BCUT2D eigenvalue weighted by Crippen LogP contribution is 2.52. The third-order valence-electron chi connectivity index (χ3n) is 20.6. The maximum Gasteiger partial charge on any atom is 0.144 e. The van der Waals surface area contributed by atoms with Gasteiger partial charge in [-0.05, 0) is 197 Å². The number of rotatable bonds is 10. The van der Waals surface area contributed by atoms with E-state index in [0.717, 1.165) is 116 Å². The van der Waals surface area contributed by atoms with Crippen molar-refractivity contribution >= 4 is 184 Å². The van der Waals surface area contributed by atoms with Crippen molar-refractivity contribution in [3.8, 4) is 44.5 Å². The molecule has 0 saturated carbocycles. The largest absolute Gasteiger partial charge is 0.455 e. The number of anilines is 6. The monoisotopic (exact) mass is 1310 g/mol. The topological polar surface area (TPSA) is 32.8 Å². The Hall–Kier alpha value is -12.6. The molecule has 0 spiro atoms. The Morgan fingerprint density at radius 1 is 0.220 bits per heavy atom. The van der Waals surface area contributed by atoms with E-state index in [4.69, 9.17) is 8.83 Å². The molecule has 0 saturated heterocycles. The van der Waals surface area contributed by atoms with Crippen LogP contribution in [0.1, 0.15) is 0 Å². The molecule has 0 fully saturated rings. The molecule has 0 aliphatic heterocycles. The Labute approximate surface area is 582 Å². The SMILES string of the molecule is c1ccc(-c2ccccc2-c2ccc(N(c3ccc(-c4ccc5cc6c(cc5c4)oc4c6ccc5sc6c(N(c7ccc(-c8ccc9ccccc9c8)cc7)c7cccc8ccccc78)cccc6c54)cc3)c3cccc4c3sc3ccc5c6cc7ccccc7cc6oc5c34)cc2)cc1. The average molecular weight is 1310 g/mol.